The predicted molar refractivity (Wildman–Crippen MR) is 93.6 cm³/mol. The van der Waals surface area contributed by atoms with Crippen LogP contribution in [0.5, 0.6) is 0 Å². The molecule has 1 aliphatic heterocycles. The number of carbonyl (C=O) groups is 2. The largest absolute Gasteiger partial charge is 0.481 e. The highest BCUT2D eigenvalue weighted by Crippen LogP contribution is 2.31. The molecule has 2 aromatic carbocycles. The fourth-order valence-corrected chi connectivity index (χ4v) is 3.17. The number of anilines is 1. The van der Waals surface area contributed by atoms with Crippen LogP contribution in [0.1, 0.15) is 39.9 Å². The number of Topliss-reactive ketones (excluding diaryl/α,β-unsaturated/α-hetero) is 1. The van der Waals surface area contributed by atoms with Crippen molar-refractivity contribution in [2.24, 2.45) is 0 Å². The van der Waals surface area contributed by atoms with E-state index in [-0.39, 0.29) is 18.6 Å². The van der Waals surface area contributed by atoms with Crippen molar-refractivity contribution in [3.05, 3.63) is 64.7 Å². The van der Waals surface area contributed by atoms with Crippen molar-refractivity contribution < 1.29 is 14.7 Å². The van der Waals surface area contributed by atoms with E-state index < -0.39 is 5.97 Å². The number of carbonyl (C=O) groups excluding carboxylic acids is 1. The van der Waals surface area contributed by atoms with Crippen LogP contribution >= 0.6 is 0 Å². The molecule has 0 fully saturated rings. The van der Waals surface area contributed by atoms with Crippen molar-refractivity contribution in [2.75, 3.05) is 11.4 Å². The number of rotatable bonds is 6. The number of aliphatic carboxylic acids is 1. The normalized spacial score (nSPS) is 13.0. The minimum Gasteiger partial charge on any atom is -0.481 e. The molecule has 1 N–H and O–H groups in total. The number of hydrogen-bond donors (Lipinski definition) is 1. The summed E-state index contributed by atoms with van der Waals surface area (Å²) < 4.78 is 0. The third kappa shape index (κ3) is 3.48. The van der Waals surface area contributed by atoms with E-state index in [0.717, 1.165) is 19.5 Å². The van der Waals surface area contributed by atoms with Crippen molar-refractivity contribution in [2.45, 2.75) is 32.7 Å². The van der Waals surface area contributed by atoms with Crippen LogP contribution in [0.3, 0.4) is 0 Å². The highest BCUT2D eigenvalue weighted by atomic mass is 16.4. The topological polar surface area (TPSA) is 57.6 Å². The third-order valence-corrected chi connectivity index (χ3v) is 4.58. The van der Waals surface area contributed by atoms with Crippen LogP contribution in [0, 0.1) is 6.92 Å². The Balaban J connectivity index is 1.74. The molecule has 2 aromatic rings. The number of carboxylic acids is 1. The molecule has 1 aliphatic rings. The molecular formula is C20H21NO3. The van der Waals surface area contributed by atoms with Gasteiger partial charge in [-0.1, -0.05) is 24.3 Å². The number of nitrogens with zero attached hydrogens (tertiary/aromatic N) is 1. The summed E-state index contributed by atoms with van der Waals surface area (Å²) in [5.74, 6) is -1.04. The van der Waals surface area contributed by atoms with Gasteiger partial charge in [0.05, 0.1) is 6.42 Å². The van der Waals surface area contributed by atoms with Gasteiger partial charge in [-0.3, -0.25) is 9.59 Å². The molecule has 0 aliphatic carbocycles. The van der Waals surface area contributed by atoms with Gasteiger partial charge < -0.3 is 10.0 Å². The lowest BCUT2D eigenvalue weighted by Gasteiger charge is -2.20. The molecule has 0 radical (unpaired) electrons. The Morgan fingerprint density at radius 2 is 1.92 bits per heavy atom. The summed E-state index contributed by atoms with van der Waals surface area (Å²) in [4.78, 5) is 25.0. The zero-order chi connectivity index (χ0) is 17.1. The summed E-state index contributed by atoms with van der Waals surface area (Å²) in [5.41, 5.74) is 5.56. The maximum Gasteiger partial charge on any atom is 0.303 e. The summed E-state index contributed by atoms with van der Waals surface area (Å²) >= 11 is 0. The number of carboxylic acid groups (broad SMARTS) is 1. The van der Waals surface area contributed by atoms with Crippen molar-refractivity contribution >= 4 is 17.4 Å². The number of hydrogen-bond acceptors (Lipinski definition) is 3. The average Bonchev–Trinajstić information content (AvgIpc) is 2.97. The summed E-state index contributed by atoms with van der Waals surface area (Å²) in [6.45, 7) is 3.93. The van der Waals surface area contributed by atoms with Gasteiger partial charge in [-0.15, -0.1) is 0 Å². The molecule has 4 nitrogen and oxygen atoms in total. The van der Waals surface area contributed by atoms with Gasteiger partial charge in [-0.05, 0) is 48.2 Å². The van der Waals surface area contributed by atoms with E-state index in [4.69, 9.17) is 5.11 Å². The van der Waals surface area contributed by atoms with Crippen molar-refractivity contribution in [3.8, 4) is 0 Å². The Morgan fingerprint density at radius 3 is 2.67 bits per heavy atom. The van der Waals surface area contributed by atoms with Gasteiger partial charge in [-0.2, -0.15) is 0 Å². The van der Waals surface area contributed by atoms with Crippen LogP contribution in [0.2, 0.25) is 0 Å². The molecular weight excluding hydrogens is 302 g/mol. The second-order valence-electron chi connectivity index (χ2n) is 6.26. The Hall–Kier alpha value is -2.62. The first-order valence-corrected chi connectivity index (χ1v) is 8.22. The quantitative estimate of drug-likeness (QED) is 0.825. The maximum absolute atomic E-state index is 12.1. The number of aryl methyl sites for hydroxylation is 1. The van der Waals surface area contributed by atoms with Gasteiger partial charge in [0.15, 0.2) is 5.78 Å². The Labute approximate surface area is 141 Å². The van der Waals surface area contributed by atoms with Crippen molar-refractivity contribution in [3.63, 3.8) is 0 Å². The summed E-state index contributed by atoms with van der Waals surface area (Å²) in [6.07, 6.45) is 0.859. The monoisotopic (exact) mass is 323 g/mol. The van der Waals surface area contributed by atoms with Crippen LogP contribution in [0.15, 0.2) is 42.5 Å². The summed E-state index contributed by atoms with van der Waals surface area (Å²) in [5, 5.41) is 8.70. The molecule has 24 heavy (non-hydrogen) atoms. The SMILES string of the molecule is Cc1ccccc1CN1CCc2cc(C(=O)CCC(=O)O)ccc21. The molecule has 0 amide bonds. The first-order chi connectivity index (χ1) is 11.5. The number of benzene rings is 2. The van der Waals surface area contributed by atoms with E-state index in [2.05, 4.69) is 30.0 Å². The van der Waals surface area contributed by atoms with Gasteiger partial charge in [0, 0.05) is 30.8 Å². The molecule has 0 saturated heterocycles. The molecule has 0 bridgehead atoms. The lowest BCUT2D eigenvalue weighted by atomic mass is 10.0. The Bertz CT molecular complexity index is 782. The van der Waals surface area contributed by atoms with E-state index in [1.54, 1.807) is 0 Å². The maximum atomic E-state index is 12.1. The Kier molecular flexibility index (Phi) is 4.65. The van der Waals surface area contributed by atoms with Crippen molar-refractivity contribution in [1.82, 2.24) is 0 Å². The molecule has 4 heteroatoms. The van der Waals surface area contributed by atoms with Gasteiger partial charge in [-0.25, -0.2) is 0 Å². The highest BCUT2D eigenvalue weighted by Gasteiger charge is 2.21. The van der Waals surface area contributed by atoms with E-state index >= 15 is 0 Å². The van der Waals surface area contributed by atoms with Crippen LogP contribution in [-0.2, 0) is 17.8 Å². The van der Waals surface area contributed by atoms with Gasteiger partial charge in [0.1, 0.15) is 0 Å². The standard InChI is InChI=1S/C20H21NO3/c1-14-4-2-3-5-17(14)13-21-11-10-15-12-16(6-7-18(15)21)19(22)8-9-20(23)24/h2-7,12H,8-11,13H2,1H3,(H,23,24). The predicted octanol–water partition coefficient (Wildman–Crippen LogP) is 3.61. The second-order valence-corrected chi connectivity index (χ2v) is 6.26. The van der Waals surface area contributed by atoms with Gasteiger partial charge in [0.25, 0.3) is 0 Å². The first-order valence-electron chi connectivity index (χ1n) is 8.22. The van der Waals surface area contributed by atoms with E-state index in [9.17, 15) is 9.59 Å². The van der Waals surface area contributed by atoms with Crippen molar-refractivity contribution in [1.29, 1.82) is 0 Å². The molecule has 1 heterocycles. The molecule has 124 valence electrons. The van der Waals surface area contributed by atoms with Crippen LogP contribution < -0.4 is 4.90 Å². The molecule has 0 aromatic heterocycles. The molecule has 3 rings (SSSR count). The second kappa shape index (κ2) is 6.87. The minimum atomic E-state index is -0.936. The summed E-state index contributed by atoms with van der Waals surface area (Å²) in [7, 11) is 0. The summed E-state index contributed by atoms with van der Waals surface area (Å²) in [6, 6.07) is 14.1. The van der Waals surface area contributed by atoms with E-state index in [1.807, 2.05) is 24.3 Å². The fraction of sp³-hybridized carbons (Fsp3) is 0.300. The Morgan fingerprint density at radius 1 is 1.12 bits per heavy atom. The molecule has 0 atom stereocenters. The third-order valence-electron chi connectivity index (χ3n) is 4.58. The zero-order valence-electron chi connectivity index (χ0n) is 13.8. The van der Waals surface area contributed by atoms with Crippen LogP contribution in [-0.4, -0.2) is 23.4 Å². The van der Waals surface area contributed by atoms with E-state index in [1.165, 1.54) is 22.4 Å². The molecule has 0 unspecified atom stereocenters. The van der Waals surface area contributed by atoms with E-state index in [0.29, 0.717) is 5.56 Å². The van der Waals surface area contributed by atoms with Crippen LogP contribution in [0.4, 0.5) is 5.69 Å². The average molecular weight is 323 g/mol. The van der Waals surface area contributed by atoms with Gasteiger partial charge >= 0.3 is 5.97 Å². The minimum absolute atomic E-state index is 0.0566. The molecule has 0 saturated carbocycles. The fourth-order valence-electron chi connectivity index (χ4n) is 3.17. The smallest absolute Gasteiger partial charge is 0.303 e. The van der Waals surface area contributed by atoms with Crippen LogP contribution in [0.25, 0.3) is 0 Å². The first kappa shape index (κ1) is 16.2. The lowest BCUT2D eigenvalue weighted by molar-refractivity contribution is -0.136. The van der Waals surface area contributed by atoms with Gasteiger partial charge in [0.2, 0.25) is 0 Å². The lowest BCUT2D eigenvalue weighted by Crippen LogP contribution is -2.20. The zero-order valence-corrected chi connectivity index (χ0v) is 13.8. The number of ketones is 1. The number of fused-ring (bicyclic) bond motifs is 1. The molecule has 0 spiro atoms. The highest BCUT2D eigenvalue weighted by molar-refractivity contribution is 5.98.